The number of hydrogen-bond acceptors (Lipinski definition) is 7. The van der Waals surface area contributed by atoms with Crippen LogP contribution in [-0.2, 0) is 10.2 Å². The van der Waals surface area contributed by atoms with Gasteiger partial charge in [-0.3, -0.25) is 4.79 Å². The second-order valence-corrected chi connectivity index (χ2v) is 9.61. The van der Waals surface area contributed by atoms with Gasteiger partial charge in [0.15, 0.2) is 11.5 Å². The number of amides is 1. The molecule has 8 heteroatoms. The van der Waals surface area contributed by atoms with Crippen molar-refractivity contribution in [1.82, 2.24) is 15.2 Å². The Morgan fingerprint density at radius 1 is 1.21 bits per heavy atom. The molecule has 0 spiro atoms. The highest BCUT2D eigenvalue weighted by atomic mass is 32.2. The maximum atomic E-state index is 12.4. The lowest BCUT2D eigenvalue weighted by atomic mass is 9.70. The van der Waals surface area contributed by atoms with Crippen LogP contribution in [0, 0.1) is 5.41 Å². The molecule has 2 aliphatic carbocycles. The molecule has 1 amide bonds. The number of fused-ring (bicyclic) bond motifs is 6. The Morgan fingerprint density at radius 3 is 2.83 bits per heavy atom. The number of rotatable bonds is 4. The number of carbonyl (C=O) groups excluding carboxylic acids is 1. The van der Waals surface area contributed by atoms with E-state index >= 15 is 0 Å². The van der Waals surface area contributed by atoms with Crippen LogP contribution in [-0.4, -0.2) is 40.1 Å². The molecule has 1 N–H and O–H groups in total. The van der Waals surface area contributed by atoms with Crippen molar-refractivity contribution in [2.75, 3.05) is 24.3 Å². The monoisotopic (exact) mass is 412 g/mol. The summed E-state index contributed by atoms with van der Waals surface area (Å²) in [7, 11) is 0. The van der Waals surface area contributed by atoms with Gasteiger partial charge in [0, 0.05) is 23.1 Å². The van der Waals surface area contributed by atoms with Gasteiger partial charge < -0.3 is 14.8 Å². The van der Waals surface area contributed by atoms with Gasteiger partial charge in [0.05, 0.1) is 17.1 Å². The summed E-state index contributed by atoms with van der Waals surface area (Å²) in [4.78, 5) is 17.2. The minimum Gasteiger partial charge on any atom is -0.486 e. The number of thioether (sulfide) groups is 1. The molecule has 1 aromatic carbocycles. The molecule has 3 aliphatic rings. The van der Waals surface area contributed by atoms with Crippen LogP contribution in [0.4, 0.5) is 5.69 Å². The Balaban J connectivity index is 1.25. The molecule has 1 fully saturated rings. The number of aromatic nitrogens is 3. The maximum absolute atomic E-state index is 12.4. The zero-order chi connectivity index (χ0) is 20.2. The number of nitrogens with one attached hydrogen (secondary N) is 1. The average Bonchev–Trinajstić information content (AvgIpc) is 3.05. The highest BCUT2D eigenvalue weighted by Crippen LogP contribution is 2.66. The van der Waals surface area contributed by atoms with Crippen LogP contribution in [0.15, 0.2) is 23.4 Å². The Morgan fingerprint density at radius 2 is 2.00 bits per heavy atom. The first-order valence-corrected chi connectivity index (χ1v) is 10.9. The number of nitrogens with zero attached hydrogens (tertiary/aromatic N) is 3. The fraction of sp³-hybridized carbons (Fsp3) is 0.524. The van der Waals surface area contributed by atoms with E-state index in [2.05, 4.69) is 36.3 Å². The van der Waals surface area contributed by atoms with Gasteiger partial charge in [-0.2, -0.15) is 5.10 Å². The van der Waals surface area contributed by atoms with Crippen molar-refractivity contribution < 1.29 is 14.3 Å². The van der Waals surface area contributed by atoms with Gasteiger partial charge in [-0.15, -0.1) is 5.10 Å². The normalized spacial score (nSPS) is 25.6. The van der Waals surface area contributed by atoms with Crippen molar-refractivity contribution >= 4 is 23.4 Å². The van der Waals surface area contributed by atoms with Crippen molar-refractivity contribution in [2.45, 2.75) is 50.1 Å². The Kier molecular flexibility index (Phi) is 4.24. The second-order valence-electron chi connectivity index (χ2n) is 8.67. The van der Waals surface area contributed by atoms with Crippen LogP contribution >= 0.6 is 11.8 Å². The predicted octanol–water partition coefficient (Wildman–Crippen LogP) is 3.55. The van der Waals surface area contributed by atoms with Gasteiger partial charge in [-0.05, 0) is 30.4 Å². The summed E-state index contributed by atoms with van der Waals surface area (Å²) in [5.74, 6) is 1.88. The lowest BCUT2D eigenvalue weighted by Crippen LogP contribution is -2.32. The van der Waals surface area contributed by atoms with Crippen molar-refractivity contribution in [1.29, 1.82) is 0 Å². The van der Waals surface area contributed by atoms with Gasteiger partial charge in [0.25, 0.3) is 0 Å². The molecular weight excluding hydrogens is 388 g/mol. The Bertz CT molecular complexity index is 996. The smallest absolute Gasteiger partial charge is 0.234 e. The van der Waals surface area contributed by atoms with Crippen LogP contribution < -0.4 is 14.8 Å². The molecule has 1 saturated carbocycles. The van der Waals surface area contributed by atoms with Crippen LogP contribution in [0.5, 0.6) is 11.5 Å². The molecule has 29 heavy (non-hydrogen) atoms. The molecule has 0 radical (unpaired) electrons. The van der Waals surface area contributed by atoms with E-state index in [-0.39, 0.29) is 22.5 Å². The summed E-state index contributed by atoms with van der Waals surface area (Å²) in [5, 5.41) is 12.2. The van der Waals surface area contributed by atoms with Crippen molar-refractivity contribution in [3.63, 3.8) is 0 Å². The summed E-state index contributed by atoms with van der Waals surface area (Å²) in [6, 6.07) is 5.40. The van der Waals surface area contributed by atoms with E-state index in [0.717, 1.165) is 24.2 Å². The standard InChI is InChI=1S/C21H24N4O3S/c1-20(2)13-6-7-21(20,3)18-17(13)24-25-19(23-18)29-11-16(26)22-12-4-5-14-15(10-12)28-9-8-27-14/h4-5,10,13H,6-9,11H2,1-3H3,(H,22,26)/t13-,21-/m1/s1. The number of carbonyl (C=O) groups is 1. The van der Waals surface area contributed by atoms with Crippen molar-refractivity contribution in [3.8, 4) is 11.5 Å². The van der Waals surface area contributed by atoms with Crippen molar-refractivity contribution in [2.24, 2.45) is 5.41 Å². The quantitative estimate of drug-likeness (QED) is 0.769. The van der Waals surface area contributed by atoms with E-state index in [9.17, 15) is 4.79 Å². The zero-order valence-corrected chi connectivity index (χ0v) is 17.6. The fourth-order valence-electron chi connectivity index (χ4n) is 4.87. The lowest BCUT2D eigenvalue weighted by molar-refractivity contribution is -0.113. The molecular formula is C21H24N4O3S. The predicted molar refractivity (Wildman–Crippen MR) is 110 cm³/mol. The fourth-order valence-corrected chi connectivity index (χ4v) is 5.46. The summed E-state index contributed by atoms with van der Waals surface area (Å²) in [6.07, 6.45) is 2.28. The third-order valence-corrected chi connectivity index (χ3v) is 7.77. The highest BCUT2D eigenvalue weighted by molar-refractivity contribution is 7.99. The second kappa shape index (κ2) is 6.58. The average molecular weight is 413 g/mol. The van der Waals surface area contributed by atoms with Crippen LogP contribution in [0.25, 0.3) is 0 Å². The summed E-state index contributed by atoms with van der Waals surface area (Å²) in [5.41, 5.74) is 2.98. The molecule has 7 nitrogen and oxygen atoms in total. The van der Waals surface area contributed by atoms with E-state index in [1.807, 2.05) is 12.1 Å². The first-order chi connectivity index (χ1) is 13.9. The summed E-state index contributed by atoms with van der Waals surface area (Å²) >= 11 is 1.32. The van der Waals surface area contributed by atoms with Gasteiger partial charge in [-0.25, -0.2) is 4.98 Å². The van der Waals surface area contributed by atoms with E-state index in [4.69, 9.17) is 14.5 Å². The third-order valence-electron chi connectivity index (χ3n) is 6.93. The van der Waals surface area contributed by atoms with E-state index in [1.165, 1.54) is 11.8 Å². The SMILES string of the molecule is CC1(C)[C@@H]2CC[C@]1(C)c1nc(SCC(=O)Nc3ccc4c(c3)OCCO4)nnc12. The minimum atomic E-state index is -0.121. The molecule has 5 rings (SSSR count). The van der Waals surface area contributed by atoms with Crippen LogP contribution in [0.1, 0.15) is 50.9 Å². The van der Waals surface area contributed by atoms with Crippen LogP contribution in [0.3, 0.4) is 0 Å². The molecule has 1 aliphatic heterocycles. The Labute approximate surface area is 174 Å². The molecule has 2 atom stereocenters. The molecule has 2 aromatic rings. The first kappa shape index (κ1) is 18.7. The number of ether oxygens (including phenoxy) is 2. The van der Waals surface area contributed by atoms with Gasteiger partial charge >= 0.3 is 0 Å². The molecule has 2 heterocycles. The summed E-state index contributed by atoms with van der Waals surface area (Å²) < 4.78 is 11.1. The van der Waals surface area contributed by atoms with E-state index in [0.29, 0.717) is 41.5 Å². The number of hydrogen-bond donors (Lipinski definition) is 1. The molecule has 152 valence electrons. The molecule has 0 saturated heterocycles. The Hall–Kier alpha value is -2.35. The first-order valence-electron chi connectivity index (χ1n) is 9.96. The van der Waals surface area contributed by atoms with Gasteiger partial charge in [0.2, 0.25) is 11.1 Å². The molecule has 1 aromatic heterocycles. The minimum absolute atomic E-state index is 0.0334. The largest absolute Gasteiger partial charge is 0.486 e. The van der Waals surface area contributed by atoms with E-state index in [1.54, 1.807) is 6.07 Å². The van der Waals surface area contributed by atoms with Gasteiger partial charge in [-0.1, -0.05) is 32.5 Å². The number of anilines is 1. The van der Waals surface area contributed by atoms with E-state index < -0.39 is 0 Å². The zero-order valence-electron chi connectivity index (χ0n) is 16.8. The number of benzene rings is 1. The molecule has 2 bridgehead atoms. The lowest BCUT2D eigenvalue weighted by Gasteiger charge is -2.33. The summed E-state index contributed by atoms with van der Waals surface area (Å²) in [6.45, 7) is 7.96. The van der Waals surface area contributed by atoms with Gasteiger partial charge in [0.1, 0.15) is 13.2 Å². The topological polar surface area (TPSA) is 86.2 Å². The molecule has 0 unspecified atom stereocenters. The third kappa shape index (κ3) is 2.87. The highest BCUT2D eigenvalue weighted by Gasteiger charge is 2.61. The van der Waals surface area contributed by atoms with Crippen molar-refractivity contribution in [3.05, 3.63) is 29.6 Å². The van der Waals surface area contributed by atoms with Crippen LogP contribution in [0.2, 0.25) is 0 Å². The maximum Gasteiger partial charge on any atom is 0.234 e.